The van der Waals surface area contributed by atoms with E-state index >= 15 is 0 Å². The number of carbonyl (C=O) groups is 1. The van der Waals surface area contributed by atoms with Gasteiger partial charge >= 0.3 is 6.18 Å². The zero-order valence-corrected chi connectivity index (χ0v) is 17.5. The van der Waals surface area contributed by atoms with Gasteiger partial charge in [-0.3, -0.25) is 4.79 Å². The van der Waals surface area contributed by atoms with E-state index in [-0.39, 0.29) is 24.7 Å². The predicted molar refractivity (Wildman–Crippen MR) is 111 cm³/mol. The molecule has 0 spiro atoms. The second-order valence-electron chi connectivity index (χ2n) is 8.19. The number of carbonyl (C=O) groups excluding carboxylic acids is 1. The number of hydrogen-bond acceptors (Lipinski definition) is 6. The van der Waals surface area contributed by atoms with Crippen molar-refractivity contribution in [2.75, 3.05) is 19.8 Å². The Hall–Kier alpha value is -3.02. The molecule has 8 nitrogen and oxygen atoms in total. The lowest BCUT2D eigenvalue weighted by Gasteiger charge is -2.30. The zero-order chi connectivity index (χ0) is 23.2. The third-order valence-corrected chi connectivity index (χ3v) is 6.05. The number of nitrogens with one attached hydrogen (secondary N) is 1. The Bertz CT molecular complexity index is 1200. The third-order valence-electron chi connectivity index (χ3n) is 6.05. The van der Waals surface area contributed by atoms with Crippen molar-refractivity contribution in [1.82, 2.24) is 24.8 Å². The van der Waals surface area contributed by atoms with Gasteiger partial charge in [0, 0.05) is 25.3 Å². The number of nitrogens with zero attached hydrogens (tertiary/aromatic N) is 4. The normalized spacial score (nSPS) is 18.9. The summed E-state index contributed by atoms with van der Waals surface area (Å²) in [4.78, 5) is 21.8. The van der Waals surface area contributed by atoms with Crippen LogP contribution in [0.3, 0.4) is 0 Å². The molecule has 4 heterocycles. The van der Waals surface area contributed by atoms with Gasteiger partial charge in [0.2, 0.25) is 0 Å². The van der Waals surface area contributed by atoms with Crippen molar-refractivity contribution >= 4 is 17.1 Å². The second kappa shape index (κ2) is 8.40. The number of hydrogen-bond donors (Lipinski definition) is 2. The summed E-state index contributed by atoms with van der Waals surface area (Å²) >= 11 is 0. The van der Waals surface area contributed by atoms with Gasteiger partial charge in [-0.15, -0.1) is 0 Å². The summed E-state index contributed by atoms with van der Waals surface area (Å²) in [6.45, 7) is 1.73. The minimum absolute atomic E-state index is 0.00999. The Kier molecular flexibility index (Phi) is 5.55. The predicted octanol–water partition coefficient (Wildman–Crippen LogP) is 2.01. The van der Waals surface area contributed by atoms with Crippen LogP contribution in [0.15, 0.2) is 36.5 Å². The molecule has 2 N–H and O–H groups in total. The number of aliphatic hydroxyl groups excluding tert-OH is 1. The first kappa shape index (κ1) is 21.8. The number of aromatic nitrogens is 3. The summed E-state index contributed by atoms with van der Waals surface area (Å²) in [5.41, 5.74) is 2.39. The van der Waals surface area contributed by atoms with E-state index in [1.165, 1.54) is 16.5 Å². The van der Waals surface area contributed by atoms with Crippen molar-refractivity contribution in [3.8, 4) is 0 Å². The van der Waals surface area contributed by atoms with E-state index in [9.17, 15) is 23.1 Å². The largest absolute Gasteiger partial charge is 0.434 e. The van der Waals surface area contributed by atoms with Crippen molar-refractivity contribution in [3.05, 3.63) is 59.0 Å². The van der Waals surface area contributed by atoms with Crippen molar-refractivity contribution in [3.63, 3.8) is 0 Å². The van der Waals surface area contributed by atoms with Crippen LogP contribution in [0.4, 0.5) is 13.2 Å². The van der Waals surface area contributed by atoms with Crippen LogP contribution in [-0.4, -0.2) is 56.3 Å². The molecule has 1 aromatic carbocycles. The topological polar surface area (TPSA) is 92.5 Å². The molecule has 0 radical (unpaired) electrons. The molecular formula is C22H22F3N5O3. The fraction of sp³-hybridized carbons (Fsp3) is 0.409. The Morgan fingerprint density at radius 2 is 2.12 bits per heavy atom. The molecule has 2 aliphatic heterocycles. The zero-order valence-electron chi connectivity index (χ0n) is 17.5. The van der Waals surface area contributed by atoms with Crippen LogP contribution in [0, 0.1) is 0 Å². The van der Waals surface area contributed by atoms with Crippen LogP contribution in [-0.2, 0) is 35.3 Å². The molecule has 0 bridgehead atoms. The molecule has 174 valence electrons. The molecule has 0 aliphatic carbocycles. The van der Waals surface area contributed by atoms with E-state index in [1.807, 2.05) is 24.3 Å². The first-order valence-corrected chi connectivity index (χ1v) is 10.6. The van der Waals surface area contributed by atoms with Crippen LogP contribution in [0.2, 0.25) is 0 Å². The lowest BCUT2D eigenvalue weighted by molar-refractivity contribution is -0.145. The maximum absolute atomic E-state index is 12.9. The smallest absolute Gasteiger partial charge is 0.381 e. The van der Waals surface area contributed by atoms with Crippen LogP contribution >= 0.6 is 0 Å². The molecule has 1 amide bonds. The molecule has 2 aromatic heterocycles. The highest BCUT2D eigenvalue weighted by atomic mass is 19.4. The Morgan fingerprint density at radius 3 is 2.94 bits per heavy atom. The summed E-state index contributed by atoms with van der Waals surface area (Å²) in [6, 6.07) is 9.52. The van der Waals surface area contributed by atoms with E-state index in [0.717, 1.165) is 12.1 Å². The van der Waals surface area contributed by atoms with Crippen LogP contribution in [0.25, 0.3) is 11.2 Å². The summed E-state index contributed by atoms with van der Waals surface area (Å²) < 4.78 is 46.1. The number of aliphatic hydroxyl groups is 1. The van der Waals surface area contributed by atoms with Crippen molar-refractivity contribution in [2.45, 2.75) is 38.0 Å². The number of fused-ring (bicyclic) bond motifs is 4. The quantitative estimate of drug-likeness (QED) is 0.604. The number of amides is 1. The summed E-state index contributed by atoms with van der Waals surface area (Å²) in [5.74, 6) is -0.483. The lowest BCUT2D eigenvalue weighted by Crippen LogP contribution is -2.45. The molecule has 0 fully saturated rings. The minimum Gasteiger partial charge on any atom is -0.381 e. The second-order valence-corrected chi connectivity index (χ2v) is 8.19. The van der Waals surface area contributed by atoms with Crippen molar-refractivity contribution < 1.29 is 27.8 Å². The molecule has 2 atom stereocenters. The maximum atomic E-state index is 12.9. The van der Waals surface area contributed by atoms with Gasteiger partial charge in [0.05, 0.1) is 32.0 Å². The maximum Gasteiger partial charge on any atom is 0.434 e. The fourth-order valence-electron chi connectivity index (χ4n) is 4.38. The van der Waals surface area contributed by atoms with E-state index in [2.05, 4.69) is 15.3 Å². The van der Waals surface area contributed by atoms with Gasteiger partial charge in [-0.25, -0.2) is 9.97 Å². The lowest BCUT2D eigenvalue weighted by atomic mass is 10.1. The molecule has 33 heavy (non-hydrogen) atoms. The fourth-order valence-corrected chi connectivity index (χ4v) is 4.38. The molecule has 0 saturated carbocycles. The standard InChI is InChI=1S/C22H22F3N5O3/c23-22(24,25)19-9-27-20-16(28-19)7-14-10-29(5-6-30(14)20)21(32)18(31)12-33-11-17-15-4-2-1-3-13(15)8-26-17/h1-4,7,9,17-18,26,31H,5-6,8,10-12H2. The number of benzene rings is 1. The highest BCUT2D eigenvalue weighted by Crippen LogP contribution is 2.30. The first-order valence-electron chi connectivity index (χ1n) is 10.6. The Morgan fingerprint density at radius 1 is 1.30 bits per heavy atom. The molecule has 2 aliphatic rings. The van der Waals surface area contributed by atoms with Gasteiger partial charge in [0.25, 0.3) is 5.91 Å². The van der Waals surface area contributed by atoms with Gasteiger partial charge in [-0.2, -0.15) is 13.2 Å². The summed E-state index contributed by atoms with van der Waals surface area (Å²) in [5, 5.41) is 13.7. The monoisotopic (exact) mass is 461 g/mol. The van der Waals surface area contributed by atoms with E-state index < -0.39 is 23.9 Å². The molecule has 11 heteroatoms. The number of halogens is 3. The van der Waals surface area contributed by atoms with Crippen molar-refractivity contribution in [2.24, 2.45) is 0 Å². The highest BCUT2D eigenvalue weighted by Gasteiger charge is 2.34. The average Bonchev–Trinajstić information content (AvgIpc) is 3.38. The van der Waals surface area contributed by atoms with Gasteiger partial charge in [0.1, 0.15) is 5.52 Å². The number of alkyl halides is 3. The van der Waals surface area contributed by atoms with Crippen LogP contribution in [0.1, 0.15) is 28.6 Å². The summed E-state index contributed by atoms with van der Waals surface area (Å²) in [7, 11) is 0. The number of rotatable bonds is 5. The highest BCUT2D eigenvalue weighted by molar-refractivity contribution is 5.81. The molecule has 2 unspecified atom stereocenters. The summed E-state index contributed by atoms with van der Waals surface area (Å²) in [6.07, 6.45) is -5.19. The SMILES string of the molecule is O=C(C(O)COCC1NCc2ccccc21)N1CCn2c(cc3nc(C(F)(F)F)cnc32)C1. The Balaban J connectivity index is 1.20. The minimum atomic E-state index is -4.58. The van der Waals surface area contributed by atoms with Gasteiger partial charge in [-0.1, -0.05) is 24.3 Å². The van der Waals surface area contributed by atoms with Gasteiger partial charge in [0.15, 0.2) is 17.4 Å². The van der Waals surface area contributed by atoms with Crippen molar-refractivity contribution in [1.29, 1.82) is 0 Å². The molecule has 0 saturated heterocycles. The van der Waals surface area contributed by atoms with Gasteiger partial charge in [-0.05, 0) is 17.2 Å². The van der Waals surface area contributed by atoms with E-state index in [0.29, 0.717) is 37.2 Å². The molecule has 5 rings (SSSR count). The van der Waals surface area contributed by atoms with Gasteiger partial charge < -0.3 is 24.6 Å². The Labute approximate surface area is 187 Å². The van der Waals surface area contributed by atoms with E-state index in [4.69, 9.17) is 4.74 Å². The number of ether oxygens (including phenoxy) is 1. The third kappa shape index (κ3) is 4.19. The molecule has 3 aromatic rings. The molecular weight excluding hydrogens is 439 g/mol. The van der Waals surface area contributed by atoms with Crippen LogP contribution in [0.5, 0.6) is 0 Å². The van der Waals surface area contributed by atoms with E-state index in [1.54, 1.807) is 4.57 Å². The first-order chi connectivity index (χ1) is 15.8. The average molecular weight is 461 g/mol. The van der Waals surface area contributed by atoms with Crippen LogP contribution < -0.4 is 5.32 Å².